The van der Waals surface area contributed by atoms with Crippen molar-refractivity contribution in [3.05, 3.63) is 0 Å². The summed E-state index contributed by atoms with van der Waals surface area (Å²) in [7, 11) is 0. The van der Waals surface area contributed by atoms with Gasteiger partial charge >= 0.3 is 0 Å². The van der Waals surface area contributed by atoms with Gasteiger partial charge in [-0.2, -0.15) is 0 Å². The van der Waals surface area contributed by atoms with Gasteiger partial charge in [0.25, 0.3) is 0 Å². The lowest BCUT2D eigenvalue weighted by Gasteiger charge is -2.20. The maximum Gasteiger partial charge on any atom is 0.000744 e. The van der Waals surface area contributed by atoms with Gasteiger partial charge in [0, 0.05) is 4.43 Å². The molecule has 0 rings (SSSR count). The molecule has 13 heavy (non-hydrogen) atoms. The second-order valence-corrected chi connectivity index (χ2v) is 5.09. The Hall–Kier alpha value is 0.690. The fourth-order valence-corrected chi connectivity index (χ4v) is 1.78. The van der Waals surface area contributed by atoms with Gasteiger partial charge in [-0.05, 0) is 44.8 Å². The summed E-state index contributed by atoms with van der Waals surface area (Å²) >= 11 is 2.46. The third kappa shape index (κ3) is 9.01. The molecule has 80 valence electrons. The summed E-state index contributed by atoms with van der Waals surface area (Å²) in [6, 6.07) is 0. The minimum atomic E-state index is 0.864. The molecule has 1 nitrogen and oxygen atoms in total. The Morgan fingerprint density at radius 1 is 1.15 bits per heavy atom. The van der Waals surface area contributed by atoms with Gasteiger partial charge in [-0.25, -0.2) is 0 Å². The van der Waals surface area contributed by atoms with E-state index in [-0.39, 0.29) is 0 Å². The Morgan fingerprint density at radius 2 is 1.77 bits per heavy atom. The van der Waals surface area contributed by atoms with Crippen LogP contribution in [0.15, 0.2) is 0 Å². The van der Waals surface area contributed by atoms with Crippen molar-refractivity contribution < 1.29 is 0 Å². The van der Waals surface area contributed by atoms with Crippen molar-refractivity contribution in [1.82, 2.24) is 4.90 Å². The molecule has 0 saturated heterocycles. The number of halogens is 1. The van der Waals surface area contributed by atoms with Crippen molar-refractivity contribution in [2.75, 3.05) is 24.1 Å². The SMILES string of the molecule is CCN(CCCI)CCCC(C)C. The summed E-state index contributed by atoms with van der Waals surface area (Å²) in [5.74, 6) is 0.864. The van der Waals surface area contributed by atoms with Gasteiger partial charge in [0.1, 0.15) is 0 Å². The molecular formula is C11H24IN. The molecule has 0 aliphatic heterocycles. The van der Waals surface area contributed by atoms with Crippen LogP contribution in [0.25, 0.3) is 0 Å². The summed E-state index contributed by atoms with van der Waals surface area (Å²) in [5, 5.41) is 0. The van der Waals surface area contributed by atoms with Gasteiger partial charge in [0.15, 0.2) is 0 Å². The molecule has 0 aromatic rings. The van der Waals surface area contributed by atoms with Crippen molar-refractivity contribution >= 4 is 22.6 Å². The van der Waals surface area contributed by atoms with Crippen LogP contribution in [0.1, 0.15) is 40.0 Å². The summed E-state index contributed by atoms with van der Waals surface area (Å²) in [6.07, 6.45) is 4.09. The molecule has 0 unspecified atom stereocenters. The molecule has 0 spiro atoms. The second-order valence-electron chi connectivity index (χ2n) is 4.01. The fraction of sp³-hybridized carbons (Fsp3) is 1.00. The van der Waals surface area contributed by atoms with E-state index in [0.717, 1.165) is 5.92 Å². The quantitative estimate of drug-likeness (QED) is 0.489. The minimum absolute atomic E-state index is 0.864. The highest BCUT2D eigenvalue weighted by Crippen LogP contribution is 2.05. The first-order valence-corrected chi connectivity index (χ1v) is 7.01. The van der Waals surface area contributed by atoms with Crippen molar-refractivity contribution in [3.8, 4) is 0 Å². The van der Waals surface area contributed by atoms with Crippen LogP contribution in [0, 0.1) is 5.92 Å². The van der Waals surface area contributed by atoms with E-state index in [1.807, 2.05) is 0 Å². The van der Waals surface area contributed by atoms with Gasteiger partial charge in [0.2, 0.25) is 0 Å². The van der Waals surface area contributed by atoms with Crippen molar-refractivity contribution in [1.29, 1.82) is 0 Å². The van der Waals surface area contributed by atoms with E-state index < -0.39 is 0 Å². The standard InChI is InChI=1S/C11H24IN/c1-4-13(10-6-8-12)9-5-7-11(2)3/h11H,4-10H2,1-3H3. The molecule has 0 atom stereocenters. The number of rotatable bonds is 8. The molecule has 0 aromatic heterocycles. The van der Waals surface area contributed by atoms with Crippen LogP contribution in [0.4, 0.5) is 0 Å². The largest absolute Gasteiger partial charge is 0.304 e. The predicted octanol–water partition coefficient (Wildman–Crippen LogP) is 3.57. The first kappa shape index (κ1) is 13.7. The zero-order valence-electron chi connectivity index (χ0n) is 9.35. The van der Waals surface area contributed by atoms with Gasteiger partial charge in [-0.15, -0.1) is 0 Å². The third-order valence-electron chi connectivity index (χ3n) is 2.31. The van der Waals surface area contributed by atoms with E-state index in [4.69, 9.17) is 0 Å². The highest BCUT2D eigenvalue weighted by molar-refractivity contribution is 14.1. The van der Waals surface area contributed by atoms with Crippen LogP contribution < -0.4 is 0 Å². The molecular weight excluding hydrogens is 273 g/mol. The minimum Gasteiger partial charge on any atom is -0.304 e. The van der Waals surface area contributed by atoms with E-state index in [0.29, 0.717) is 0 Å². The molecule has 0 bridgehead atoms. The summed E-state index contributed by atoms with van der Waals surface area (Å²) in [4.78, 5) is 2.57. The smallest absolute Gasteiger partial charge is 0.000744 e. The Labute approximate surface area is 97.4 Å². The second kappa shape index (κ2) is 9.25. The van der Waals surface area contributed by atoms with Crippen molar-refractivity contribution in [2.24, 2.45) is 5.92 Å². The molecule has 0 fully saturated rings. The normalized spacial score (nSPS) is 11.5. The maximum atomic E-state index is 2.57. The van der Waals surface area contributed by atoms with Crippen molar-refractivity contribution in [2.45, 2.75) is 40.0 Å². The average Bonchev–Trinajstić information content (AvgIpc) is 2.10. The Bertz CT molecular complexity index is 104. The fourth-order valence-electron chi connectivity index (χ4n) is 1.43. The monoisotopic (exact) mass is 297 g/mol. The van der Waals surface area contributed by atoms with Crippen LogP contribution in [-0.2, 0) is 0 Å². The molecule has 0 aliphatic rings. The van der Waals surface area contributed by atoms with Crippen LogP contribution in [0.3, 0.4) is 0 Å². The lowest BCUT2D eigenvalue weighted by atomic mass is 10.1. The molecule has 0 radical (unpaired) electrons. The van der Waals surface area contributed by atoms with E-state index in [1.165, 1.54) is 43.3 Å². The first-order valence-electron chi connectivity index (χ1n) is 5.49. The van der Waals surface area contributed by atoms with Crippen LogP contribution in [0.2, 0.25) is 0 Å². The Morgan fingerprint density at radius 3 is 2.23 bits per heavy atom. The molecule has 0 aromatic carbocycles. The molecule has 2 heteroatoms. The summed E-state index contributed by atoms with van der Waals surface area (Å²) in [5.41, 5.74) is 0. The predicted molar refractivity (Wildman–Crippen MR) is 69.7 cm³/mol. The van der Waals surface area contributed by atoms with E-state index >= 15 is 0 Å². The molecule has 0 saturated carbocycles. The van der Waals surface area contributed by atoms with Crippen molar-refractivity contribution in [3.63, 3.8) is 0 Å². The van der Waals surface area contributed by atoms with Gasteiger partial charge < -0.3 is 4.90 Å². The molecule has 0 heterocycles. The highest BCUT2D eigenvalue weighted by Gasteiger charge is 2.01. The van der Waals surface area contributed by atoms with Crippen LogP contribution >= 0.6 is 22.6 Å². The lowest BCUT2D eigenvalue weighted by molar-refractivity contribution is 0.278. The average molecular weight is 297 g/mol. The van der Waals surface area contributed by atoms with E-state index in [2.05, 4.69) is 48.3 Å². The molecule has 0 aliphatic carbocycles. The van der Waals surface area contributed by atoms with Gasteiger partial charge in [0.05, 0.1) is 0 Å². The lowest BCUT2D eigenvalue weighted by Crippen LogP contribution is -2.26. The number of hydrogen-bond donors (Lipinski definition) is 0. The maximum absolute atomic E-state index is 2.57. The van der Waals surface area contributed by atoms with E-state index in [1.54, 1.807) is 0 Å². The number of nitrogens with zero attached hydrogens (tertiary/aromatic N) is 1. The van der Waals surface area contributed by atoms with Gasteiger partial charge in [-0.3, -0.25) is 0 Å². The first-order chi connectivity index (χ1) is 6.20. The van der Waals surface area contributed by atoms with Gasteiger partial charge in [-0.1, -0.05) is 43.4 Å². The summed E-state index contributed by atoms with van der Waals surface area (Å²) < 4.78 is 1.29. The topological polar surface area (TPSA) is 3.24 Å². The molecule has 0 amide bonds. The zero-order valence-corrected chi connectivity index (χ0v) is 11.5. The van der Waals surface area contributed by atoms with Crippen LogP contribution in [0.5, 0.6) is 0 Å². The number of hydrogen-bond acceptors (Lipinski definition) is 1. The third-order valence-corrected chi connectivity index (χ3v) is 3.07. The Kier molecular flexibility index (Phi) is 9.74. The Balaban J connectivity index is 3.36. The number of alkyl halides is 1. The molecule has 0 N–H and O–H groups in total. The van der Waals surface area contributed by atoms with Crippen LogP contribution in [-0.4, -0.2) is 29.0 Å². The zero-order chi connectivity index (χ0) is 10.1. The summed E-state index contributed by atoms with van der Waals surface area (Å²) in [6.45, 7) is 10.7. The van der Waals surface area contributed by atoms with E-state index in [9.17, 15) is 0 Å². The highest BCUT2D eigenvalue weighted by atomic mass is 127.